The van der Waals surface area contributed by atoms with Crippen molar-refractivity contribution in [2.75, 3.05) is 26.2 Å². The minimum absolute atomic E-state index is 0.0859. The van der Waals surface area contributed by atoms with Gasteiger partial charge >= 0.3 is 6.03 Å². The van der Waals surface area contributed by atoms with Gasteiger partial charge in [0, 0.05) is 13.0 Å². The summed E-state index contributed by atoms with van der Waals surface area (Å²) >= 11 is 0. The quantitative estimate of drug-likeness (QED) is 0.590. The van der Waals surface area contributed by atoms with Crippen molar-refractivity contribution in [3.8, 4) is 0 Å². The Morgan fingerprint density at radius 3 is 2.90 bits per heavy atom. The fourth-order valence-electron chi connectivity index (χ4n) is 3.28. The van der Waals surface area contributed by atoms with Gasteiger partial charge in [-0.2, -0.15) is 0 Å². The van der Waals surface area contributed by atoms with Crippen LogP contribution in [0.15, 0.2) is 0 Å². The molecule has 0 aromatic rings. The molecule has 0 aliphatic carbocycles. The molecule has 110 valence electrons. The van der Waals surface area contributed by atoms with Crippen molar-refractivity contribution >= 4 is 17.8 Å². The highest BCUT2D eigenvalue weighted by atomic mass is 16.2. The van der Waals surface area contributed by atoms with Crippen LogP contribution in [0.5, 0.6) is 0 Å². The molecule has 4 amide bonds. The first-order valence-corrected chi connectivity index (χ1v) is 7.21. The molecule has 0 aromatic carbocycles. The van der Waals surface area contributed by atoms with E-state index in [2.05, 4.69) is 16.0 Å². The second-order valence-corrected chi connectivity index (χ2v) is 5.95. The van der Waals surface area contributed by atoms with E-state index in [-0.39, 0.29) is 11.8 Å². The zero-order valence-electron chi connectivity index (χ0n) is 11.4. The standard InChI is InChI=1S/C13H20N4O3/c18-10(2-1-9-3-5-14-7-9)17-6-4-13(8-17)11(19)15-12(20)16-13/h9,14H,1-8H2,(H2,15,16,19,20). The van der Waals surface area contributed by atoms with Crippen LogP contribution in [-0.4, -0.2) is 54.5 Å². The van der Waals surface area contributed by atoms with Gasteiger partial charge < -0.3 is 15.5 Å². The summed E-state index contributed by atoms with van der Waals surface area (Å²) < 4.78 is 0. The predicted octanol–water partition coefficient (Wildman–Crippen LogP) is -0.813. The van der Waals surface area contributed by atoms with Crippen molar-refractivity contribution in [2.45, 2.75) is 31.2 Å². The van der Waals surface area contributed by atoms with Crippen molar-refractivity contribution in [2.24, 2.45) is 5.92 Å². The predicted molar refractivity (Wildman–Crippen MR) is 70.8 cm³/mol. The molecule has 20 heavy (non-hydrogen) atoms. The Balaban J connectivity index is 1.52. The number of urea groups is 1. The third-order valence-electron chi connectivity index (χ3n) is 4.57. The first-order chi connectivity index (χ1) is 9.59. The molecule has 3 aliphatic heterocycles. The second-order valence-electron chi connectivity index (χ2n) is 5.95. The van der Waals surface area contributed by atoms with E-state index in [1.165, 1.54) is 0 Å². The van der Waals surface area contributed by atoms with Crippen molar-refractivity contribution in [3.63, 3.8) is 0 Å². The van der Waals surface area contributed by atoms with Crippen LogP contribution in [0.25, 0.3) is 0 Å². The first kappa shape index (κ1) is 13.4. The molecule has 1 spiro atoms. The van der Waals surface area contributed by atoms with E-state index in [0.29, 0.717) is 31.8 Å². The molecule has 3 fully saturated rings. The number of carbonyl (C=O) groups excluding carboxylic acids is 3. The topological polar surface area (TPSA) is 90.5 Å². The van der Waals surface area contributed by atoms with Gasteiger partial charge in [0.2, 0.25) is 5.91 Å². The maximum atomic E-state index is 12.2. The molecule has 0 bridgehead atoms. The average molecular weight is 280 g/mol. The van der Waals surface area contributed by atoms with Crippen LogP contribution in [0.4, 0.5) is 4.79 Å². The van der Waals surface area contributed by atoms with Gasteiger partial charge in [-0.05, 0) is 38.3 Å². The van der Waals surface area contributed by atoms with Crippen LogP contribution < -0.4 is 16.0 Å². The van der Waals surface area contributed by atoms with E-state index < -0.39 is 11.6 Å². The number of hydrogen-bond acceptors (Lipinski definition) is 4. The molecular formula is C13H20N4O3. The molecule has 7 nitrogen and oxygen atoms in total. The number of imide groups is 1. The van der Waals surface area contributed by atoms with Crippen LogP contribution >= 0.6 is 0 Å². The van der Waals surface area contributed by atoms with Gasteiger partial charge in [-0.15, -0.1) is 0 Å². The zero-order valence-corrected chi connectivity index (χ0v) is 11.4. The van der Waals surface area contributed by atoms with Crippen LogP contribution in [-0.2, 0) is 9.59 Å². The van der Waals surface area contributed by atoms with Crippen molar-refractivity contribution in [1.82, 2.24) is 20.9 Å². The maximum absolute atomic E-state index is 12.2. The lowest BCUT2D eigenvalue weighted by Gasteiger charge is -2.21. The van der Waals surface area contributed by atoms with Gasteiger partial charge in [-0.25, -0.2) is 4.79 Å². The molecule has 3 aliphatic rings. The Labute approximate surface area is 117 Å². The summed E-state index contributed by atoms with van der Waals surface area (Å²) in [6.45, 7) is 2.87. The van der Waals surface area contributed by atoms with E-state index in [4.69, 9.17) is 0 Å². The highest BCUT2D eigenvalue weighted by Gasteiger charge is 2.51. The Morgan fingerprint density at radius 1 is 1.40 bits per heavy atom. The van der Waals surface area contributed by atoms with Crippen molar-refractivity contribution in [1.29, 1.82) is 0 Å². The Bertz CT molecular complexity index is 447. The zero-order chi connectivity index (χ0) is 14.2. The highest BCUT2D eigenvalue weighted by molar-refractivity contribution is 6.07. The molecule has 2 atom stereocenters. The molecule has 0 aromatic heterocycles. The summed E-state index contributed by atoms with van der Waals surface area (Å²) in [4.78, 5) is 36.9. The smallest absolute Gasteiger partial charge is 0.322 e. The Hall–Kier alpha value is -1.63. The molecule has 0 saturated carbocycles. The highest BCUT2D eigenvalue weighted by Crippen LogP contribution is 2.26. The molecule has 2 unspecified atom stereocenters. The largest absolute Gasteiger partial charge is 0.340 e. The Morgan fingerprint density at radius 2 is 2.25 bits per heavy atom. The van der Waals surface area contributed by atoms with Gasteiger partial charge in [-0.3, -0.25) is 14.9 Å². The van der Waals surface area contributed by atoms with Crippen molar-refractivity contribution < 1.29 is 14.4 Å². The lowest BCUT2D eigenvalue weighted by Crippen LogP contribution is -2.49. The van der Waals surface area contributed by atoms with E-state index >= 15 is 0 Å². The fourth-order valence-corrected chi connectivity index (χ4v) is 3.28. The van der Waals surface area contributed by atoms with Gasteiger partial charge in [0.25, 0.3) is 5.91 Å². The number of amides is 4. The summed E-state index contributed by atoms with van der Waals surface area (Å²) in [7, 11) is 0. The fraction of sp³-hybridized carbons (Fsp3) is 0.769. The van der Waals surface area contributed by atoms with E-state index in [0.717, 1.165) is 25.9 Å². The normalized spacial score (nSPS) is 32.8. The minimum atomic E-state index is -0.887. The number of carbonyl (C=O) groups is 3. The second kappa shape index (κ2) is 5.05. The molecule has 7 heteroatoms. The van der Waals surface area contributed by atoms with E-state index in [1.54, 1.807) is 4.90 Å². The number of nitrogens with one attached hydrogen (secondary N) is 3. The molecule has 3 N–H and O–H groups in total. The molecule has 3 heterocycles. The number of rotatable bonds is 3. The number of hydrogen-bond donors (Lipinski definition) is 3. The van der Waals surface area contributed by atoms with Crippen LogP contribution in [0.3, 0.4) is 0 Å². The van der Waals surface area contributed by atoms with Gasteiger partial charge in [-0.1, -0.05) is 0 Å². The van der Waals surface area contributed by atoms with Gasteiger partial charge in [0.15, 0.2) is 0 Å². The minimum Gasteiger partial charge on any atom is -0.340 e. The first-order valence-electron chi connectivity index (χ1n) is 7.21. The molecule has 3 rings (SSSR count). The summed E-state index contributed by atoms with van der Waals surface area (Å²) in [5.41, 5.74) is -0.887. The third kappa shape index (κ3) is 2.37. The number of likely N-dealkylation sites (tertiary alicyclic amines) is 1. The molecular weight excluding hydrogens is 260 g/mol. The maximum Gasteiger partial charge on any atom is 0.322 e. The lowest BCUT2D eigenvalue weighted by molar-refractivity contribution is -0.131. The third-order valence-corrected chi connectivity index (χ3v) is 4.57. The number of nitrogens with zero attached hydrogens (tertiary/aromatic N) is 1. The van der Waals surface area contributed by atoms with E-state index in [9.17, 15) is 14.4 Å². The summed E-state index contributed by atoms with van der Waals surface area (Å²) in [5.74, 6) is 0.366. The van der Waals surface area contributed by atoms with Crippen LogP contribution in [0, 0.1) is 5.92 Å². The summed E-state index contributed by atoms with van der Waals surface area (Å²) in [5, 5.41) is 8.20. The monoisotopic (exact) mass is 280 g/mol. The van der Waals surface area contributed by atoms with Crippen molar-refractivity contribution in [3.05, 3.63) is 0 Å². The summed E-state index contributed by atoms with van der Waals surface area (Å²) in [6.07, 6.45) is 3.06. The van der Waals surface area contributed by atoms with Gasteiger partial charge in [0.05, 0.1) is 6.54 Å². The molecule has 0 radical (unpaired) electrons. The summed E-state index contributed by atoms with van der Waals surface area (Å²) in [6, 6.07) is -0.457. The SMILES string of the molecule is O=C1NC(=O)C2(CCN(C(=O)CCC3CCNC3)C2)N1. The van der Waals surface area contributed by atoms with E-state index in [1.807, 2.05) is 0 Å². The van der Waals surface area contributed by atoms with Crippen LogP contribution in [0.2, 0.25) is 0 Å². The van der Waals surface area contributed by atoms with Crippen LogP contribution in [0.1, 0.15) is 25.7 Å². The molecule has 3 saturated heterocycles. The van der Waals surface area contributed by atoms with Gasteiger partial charge in [0.1, 0.15) is 5.54 Å². The Kier molecular flexibility index (Phi) is 3.37. The lowest BCUT2D eigenvalue weighted by atomic mass is 9.99. The average Bonchev–Trinajstić information content (AvgIpc) is 3.10.